The molecular formula is C17H18FN3O2S. The second kappa shape index (κ2) is 6.57. The molecule has 1 saturated heterocycles. The third-order valence-corrected chi connectivity index (χ3v) is 5.36. The van der Waals surface area contributed by atoms with Crippen molar-refractivity contribution in [3.8, 4) is 0 Å². The van der Waals surface area contributed by atoms with E-state index in [1.54, 1.807) is 34.9 Å². The summed E-state index contributed by atoms with van der Waals surface area (Å²) >= 11 is 1.59. The predicted molar refractivity (Wildman–Crippen MR) is 90.9 cm³/mol. The van der Waals surface area contributed by atoms with Gasteiger partial charge < -0.3 is 14.5 Å². The van der Waals surface area contributed by atoms with Gasteiger partial charge in [0.05, 0.1) is 25.7 Å². The van der Waals surface area contributed by atoms with Crippen molar-refractivity contribution in [1.29, 1.82) is 0 Å². The molecule has 0 atom stereocenters. The SMILES string of the molecule is O=C(CC1=CSC2=NCCN12)N1CC(OCc2ccccc2F)C1. The molecule has 3 heterocycles. The zero-order valence-electron chi connectivity index (χ0n) is 13.2. The van der Waals surface area contributed by atoms with Crippen LogP contribution in [0.2, 0.25) is 0 Å². The van der Waals surface area contributed by atoms with Crippen LogP contribution < -0.4 is 0 Å². The molecule has 0 aromatic heterocycles. The van der Waals surface area contributed by atoms with Gasteiger partial charge in [0.1, 0.15) is 5.82 Å². The van der Waals surface area contributed by atoms with Crippen LogP contribution in [0.25, 0.3) is 0 Å². The summed E-state index contributed by atoms with van der Waals surface area (Å²) in [5.74, 6) is -0.140. The first kappa shape index (κ1) is 15.7. The van der Waals surface area contributed by atoms with Crippen LogP contribution in [0.5, 0.6) is 0 Å². The summed E-state index contributed by atoms with van der Waals surface area (Å²) in [5.41, 5.74) is 1.59. The van der Waals surface area contributed by atoms with E-state index in [9.17, 15) is 9.18 Å². The number of thioether (sulfide) groups is 1. The maximum Gasteiger partial charge on any atom is 0.228 e. The first-order chi connectivity index (χ1) is 11.7. The van der Waals surface area contributed by atoms with E-state index in [1.807, 2.05) is 5.41 Å². The van der Waals surface area contributed by atoms with E-state index in [4.69, 9.17) is 4.74 Å². The maximum atomic E-state index is 13.5. The number of nitrogens with zero attached hydrogens (tertiary/aromatic N) is 3. The van der Waals surface area contributed by atoms with Crippen LogP contribution in [0, 0.1) is 5.82 Å². The molecule has 0 radical (unpaired) electrons. The number of benzene rings is 1. The predicted octanol–water partition coefficient (Wildman–Crippen LogP) is 2.20. The first-order valence-electron chi connectivity index (χ1n) is 8.01. The molecule has 0 aliphatic carbocycles. The summed E-state index contributed by atoms with van der Waals surface area (Å²) in [6.07, 6.45) is 0.399. The summed E-state index contributed by atoms with van der Waals surface area (Å²) < 4.78 is 19.2. The van der Waals surface area contributed by atoms with Crippen LogP contribution in [-0.2, 0) is 16.1 Å². The second-order valence-electron chi connectivity index (χ2n) is 6.04. The van der Waals surface area contributed by atoms with Crippen LogP contribution in [-0.4, -0.2) is 53.2 Å². The molecule has 1 amide bonds. The van der Waals surface area contributed by atoms with Crippen molar-refractivity contribution in [2.75, 3.05) is 26.2 Å². The van der Waals surface area contributed by atoms with Gasteiger partial charge in [0.15, 0.2) is 5.17 Å². The molecule has 0 N–H and O–H groups in total. The number of hydrogen-bond acceptors (Lipinski definition) is 5. The fraction of sp³-hybridized carbons (Fsp3) is 0.412. The van der Waals surface area contributed by atoms with E-state index in [2.05, 4.69) is 9.89 Å². The fourth-order valence-electron chi connectivity index (χ4n) is 2.95. The number of amidine groups is 1. The Morgan fingerprint density at radius 3 is 3.04 bits per heavy atom. The summed E-state index contributed by atoms with van der Waals surface area (Å²) in [7, 11) is 0. The van der Waals surface area contributed by atoms with E-state index in [1.165, 1.54) is 6.07 Å². The number of likely N-dealkylation sites (tertiary alicyclic amines) is 1. The third kappa shape index (κ3) is 3.06. The Morgan fingerprint density at radius 1 is 1.38 bits per heavy atom. The molecule has 0 bridgehead atoms. The maximum absolute atomic E-state index is 13.5. The van der Waals surface area contributed by atoms with Crippen LogP contribution in [0.3, 0.4) is 0 Å². The van der Waals surface area contributed by atoms with E-state index in [0.717, 1.165) is 24.0 Å². The Morgan fingerprint density at radius 2 is 2.21 bits per heavy atom. The van der Waals surface area contributed by atoms with Gasteiger partial charge in [0.2, 0.25) is 5.91 Å². The van der Waals surface area contributed by atoms with Crippen molar-refractivity contribution in [3.05, 3.63) is 46.8 Å². The number of ether oxygens (including phenoxy) is 1. The van der Waals surface area contributed by atoms with Gasteiger partial charge in [-0.15, -0.1) is 0 Å². The minimum Gasteiger partial charge on any atom is -0.370 e. The highest BCUT2D eigenvalue weighted by Crippen LogP contribution is 2.31. The zero-order valence-corrected chi connectivity index (χ0v) is 14.0. The lowest BCUT2D eigenvalue weighted by Gasteiger charge is -2.39. The highest BCUT2D eigenvalue weighted by atomic mass is 32.2. The third-order valence-electron chi connectivity index (χ3n) is 4.41. The molecule has 7 heteroatoms. The van der Waals surface area contributed by atoms with Crippen molar-refractivity contribution in [2.24, 2.45) is 4.99 Å². The molecule has 0 unspecified atom stereocenters. The lowest BCUT2D eigenvalue weighted by atomic mass is 10.1. The van der Waals surface area contributed by atoms with Crippen LogP contribution in [0.1, 0.15) is 12.0 Å². The molecule has 5 nitrogen and oxygen atoms in total. The Kier molecular flexibility index (Phi) is 4.28. The van der Waals surface area contributed by atoms with Gasteiger partial charge in [-0.05, 0) is 11.5 Å². The molecule has 1 fully saturated rings. The molecule has 0 saturated carbocycles. The molecule has 3 aliphatic rings. The Bertz CT molecular complexity index is 716. The van der Waals surface area contributed by atoms with Gasteiger partial charge >= 0.3 is 0 Å². The molecular weight excluding hydrogens is 329 g/mol. The van der Waals surface area contributed by atoms with Gasteiger partial charge in [-0.25, -0.2) is 4.39 Å². The monoisotopic (exact) mass is 347 g/mol. The number of amides is 1. The van der Waals surface area contributed by atoms with Crippen molar-refractivity contribution in [2.45, 2.75) is 19.1 Å². The van der Waals surface area contributed by atoms with Crippen LogP contribution in [0.4, 0.5) is 4.39 Å². The first-order valence-corrected chi connectivity index (χ1v) is 8.89. The Labute approximate surface area is 144 Å². The Balaban J connectivity index is 1.22. The van der Waals surface area contributed by atoms with E-state index in [0.29, 0.717) is 25.1 Å². The number of carbonyl (C=O) groups excluding carboxylic acids is 1. The molecule has 1 aromatic carbocycles. The summed E-state index contributed by atoms with van der Waals surface area (Å²) in [6, 6.07) is 6.60. The van der Waals surface area contributed by atoms with Gasteiger partial charge in [-0.3, -0.25) is 9.79 Å². The number of halogens is 1. The molecule has 24 heavy (non-hydrogen) atoms. The Hall–Kier alpha value is -1.86. The minimum absolute atomic E-state index is 0.00982. The van der Waals surface area contributed by atoms with Crippen LogP contribution >= 0.6 is 11.8 Å². The number of rotatable bonds is 5. The zero-order chi connectivity index (χ0) is 16.5. The molecule has 126 valence electrons. The lowest BCUT2D eigenvalue weighted by molar-refractivity contribution is -0.145. The largest absolute Gasteiger partial charge is 0.370 e. The fourth-order valence-corrected chi connectivity index (χ4v) is 3.91. The normalized spacial score (nSPS) is 19.9. The van der Waals surface area contributed by atoms with Crippen LogP contribution in [0.15, 0.2) is 40.4 Å². The standard InChI is InChI=1S/C17H18FN3O2S/c18-15-4-2-1-3-12(15)10-23-14-8-20(9-14)16(22)7-13-11-24-17-19-5-6-21(13)17/h1-4,11,14H,5-10H2. The highest BCUT2D eigenvalue weighted by Gasteiger charge is 2.34. The summed E-state index contributed by atoms with van der Waals surface area (Å²) in [5, 5.41) is 3.02. The average molecular weight is 347 g/mol. The smallest absolute Gasteiger partial charge is 0.228 e. The number of aliphatic imine (C=N–C) groups is 1. The quantitative estimate of drug-likeness (QED) is 0.819. The molecule has 1 aromatic rings. The highest BCUT2D eigenvalue weighted by molar-refractivity contribution is 8.16. The van der Waals surface area contributed by atoms with E-state index >= 15 is 0 Å². The van der Waals surface area contributed by atoms with E-state index < -0.39 is 0 Å². The van der Waals surface area contributed by atoms with Crippen molar-refractivity contribution >= 4 is 22.8 Å². The van der Waals surface area contributed by atoms with Crippen molar-refractivity contribution in [1.82, 2.24) is 9.80 Å². The molecule has 3 aliphatic heterocycles. The summed E-state index contributed by atoms with van der Waals surface area (Å²) in [4.78, 5) is 20.6. The van der Waals surface area contributed by atoms with Gasteiger partial charge in [0, 0.05) is 30.9 Å². The second-order valence-corrected chi connectivity index (χ2v) is 6.88. The average Bonchev–Trinajstić information content (AvgIpc) is 3.12. The van der Waals surface area contributed by atoms with Gasteiger partial charge in [0.25, 0.3) is 0 Å². The topological polar surface area (TPSA) is 45.1 Å². The molecule has 0 spiro atoms. The van der Waals surface area contributed by atoms with Gasteiger partial charge in [-0.1, -0.05) is 30.0 Å². The van der Waals surface area contributed by atoms with Crippen molar-refractivity contribution in [3.63, 3.8) is 0 Å². The molecule has 4 rings (SSSR count). The lowest BCUT2D eigenvalue weighted by Crippen LogP contribution is -2.54. The number of fused-ring (bicyclic) bond motifs is 1. The summed E-state index contributed by atoms with van der Waals surface area (Å²) in [6.45, 7) is 3.08. The number of hydrogen-bond donors (Lipinski definition) is 0. The number of carbonyl (C=O) groups is 1. The van der Waals surface area contributed by atoms with Gasteiger partial charge in [-0.2, -0.15) is 0 Å². The minimum atomic E-state index is -0.251. The van der Waals surface area contributed by atoms with Crippen molar-refractivity contribution < 1.29 is 13.9 Å². The van der Waals surface area contributed by atoms with E-state index in [-0.39, 0.29) is 24.4 Å².